The van der Waals surface area contributed by atoms with E-state index in [9.17, 15) is 9.59 Å². The zero-order valence-electron chi connectivity index (χ0n) is 16.9. The summed E-state index contributed by atoms with van der Waals surface area (Å²) in [5, 5.41) is 0. The van der Waals surface area contributed by atoms with Crippen molar-refractivity contribution < 1.29 is 23.8 Å². The monoisotopic (exact) mass is 373 g/mol. The summed E-state index contributed by atoms with van der Waals surface area (Å²) in [6, 6.07) is 7.55. The fraction of sp³-hybridized carbons (Fsp3) is 0.545. The van der Waals surface area contributed by atoms with Crippen molar-refractivity contribution in [1.82, 2.24) is 0 Å². The number of esters is 2. The zero-order valence-corrected chi connectivity index (χ0v) is 16.9. The Bertz CT molecular complexity index is 682. The Labute approximate surface area is 161 Å². The smallest absolute Gasteiger partial charge is 0.323 e. The third kappa shape index (κ3) is 4.48. The molecule has 0 saturated heterocycles. The standard InChI is InChI=1S/C22H29O5/c1-6-26-19(23)22(20(24)27-7-2)13-12-21(3,4)17(15-22)14-16-8-10-18(25-5)11-9-16/h8-11H,6-7,12-13,15H2,1-5H3/q+1. The van der Waals surface area contributed by atoms with Gasteiger partial charge in [0.2, 0.25) is 0 Å². The van der Waals surface area contributed by atoms with Gasteiger partial charge in [-0.05, 0) is 26.7 Å². The minimum atomic E-state index is -1.30. The van der Waals surface area contributed by atoms with Gasteiger partial charge in [0.05, 0.1) is 32.5 Å². The Balaban J connectivity index is 2.43. The Kier molecular flexibility index (Phi) is 6.61. The van der Waals surface area contributed by atoms with Crippen LogP contribution in [0.25, 0.3) is 0 Å². The summed E-state index contributed by atoms with van der Waals surface area (Å²) >= 11 is 0. The molecule has 0 radical (unpaired) electrons. The molecule has 0 atom stereocenters. The quantitative estimate of drug-likeness (QED) is 0.427. The lowest BCUT2D eigenvalue weighted by Crippen LogP contribution is -2.47. The van der Waals surface area contributed by atoms with Crippen LogP contribution in [-0.2, 0) is 19.1 Å². The van der Waals surface area contributed by atoms with Crippen LogP contribution in [0.4, 0.5) is 0 Å². The molecular formula is C22H29O5+. The van der Waals surface area contributed by atoms with E-state index in [0.717, 1.165) is 16.9 Å². The second kappa shape index (κ2) is 8.53. The van der Waals surface area contributed by atoms with Crippen LogP contribution in [0.1, 0.15) is 52.5 Å². The predicted octanol–water partition coefficient (Wildman–Crippen LogP) is 4.10. The zero-order chi connectivity index (χ0) is 20.1. The predicted molar refractivity (Wildman–Crippen MR) is 102 cm³/mol. The maximum atomic E-state index is 12.7. The van der Waals surface area contributed by atoms with Crippen molar-refractivity contribution in [3.63, 3.8) is 0 Å². The normalized spacial score (nSPS) is 19.1. The summed E-state index contributed by atoms with van der Waals surface area (Å²) in [6.07, 6.45) is 4.75. The molecule has 1 aromatic carbocycles. The summed E-state index contributed by atoms with van der Waals surface area (Å²) in [6.45, 7) is 8.15. The van der Waals surface area contributed by atoms with Crippen LogP contribution in [0.3, 0.4) is 0 Å². The van der Waals surface area contributed by atoms with E-state index >= 15 is 0 Å². The fourth-order valence-electron chi connectivity index (χ4n) is 3.34. The maximum Gasteiger partial charge on any atom is 0.323 e. The van der Waals surface area contributed by atoms with Crippen LogP contribution in [0.2, 0.25) is 0 Å². The van der Waals surface area contributed by atoms with Gasteiger partial charge in [0, 0.05) is 35.6 Å². The highest BCUT2D eigenvalue weighted by molar-refractivity contribution is 6.00. The molecule has 0 amide bonds. The fourth-order valence-corrected chi connectivity index (χ4v) is 3.34. The van der Waals surface area contributed by atoms with Gasteiger partial charge in [0.1, 0.15) is 5.75 Å². The van der Waals surface area contributed by atoms with E-state index in [2.05, 4.69) is 19.9 Å². The molecule has 1 aliphatic carbocycles. The number of methoxy groups -OCH3 is 1. The van der Waals surface area contributed by atoms with Crippen LogP contribution in [0, 0.1) is 16.9 Å². The van der Waals surface area contributed by atoms with E-state index in [1.807, 2.05) is 24.3 Å². The summed E-state index contributed by atoms with van der Waals surface area (Å²) < 4.78 is 15.7. The van der Waals surface area contributed by atoms with Gasteiger partial charge >= 0.3 is 11.9 Å². The highest BCUT2D eigenvalue weighted by atomic mass is 16.6. The third-order valence-electron chi connectivity index (χ3n) is 5.19. The molecule has 0 heterocycles. The minimum absolute atomic E-state index is 0.178. The van der Waals surface area contributed by atoms with Crippen LogP contribution in [-0.4, -0.2) is 32.3 Å². The first-order valence-electron chi connectivity index (χ1n) is 9.41. The Morgan fingerprint density at radius 3 is 2.04 bits per heavy atom. The van der Waals surface area contributed by atoms with Crippen LogP contribution >= 0.6 is 0 Å². The Morgan fingerprint density at radius 1 is 1.00 bits per heavy atom. The summed E-state index contributed by atoms with van der Waals surface area (Å²) in [4.78, 5) is 25.5. The first kappa shape index (κ1) is 20.9. The van der Waals surface area contributed by atoms with Gasteiger partial charge < -0.3 is 14.2 Å². The topological polar surface area (TPSA) is 61.8 Å². The largest absolute Gasteiger partial charge is 0.494 e. The second-order valence-corrected chi connectivity index (χ2v) is 7.42. The van der Waals surface area contributed by atoms with E-state index in [1.54, 1.807) is 21.0 Å². The minimum Gasteiger partial charge on any atom is -0.494 e. The molecule has 146 valence electrons. The molecule has 1 fully saturated rings. The van der Waals surface area contributed by atoms with E-state index in [4.69, 9.17) is 14.2 Å². The molecule has 0 aromatic heterocycles. The molecule has 0 unspecified atom stereocenters. The number of hydrogen-bond donors (Lipinski definition) is 0. The van der Waals surface area contributed by atoms with Gasteiger partial charge in [-0.3, -0.25) is 9.59 Å². The van der Waals surface area contributed by atoms with Crippen LogP contribution < -0.4 is 4.74 Å². The van der Waals surface area contributed by atoms with Crippen molar-refractivity contribution in [1.29, 1.82) is 0 Å². The van der Waals surface area contributed by atoms with Gasteiger partial charge in [-0.25, -0.2) is 0 Å². The number of hydrogen-bond acceptors (Lipinski definition) is 5. The molecule has 5 nitrogen and oxygen atoms in total. The molecule has 0 N–H and O–H groups in total. The average molecular weight is 373 g/mol. The van der Waals surface area contributed by atoms with Gasteiger partial charge in [0.15, 0.2) is 11.0 Å². The van der Waals surface area contributed by atoms with Gasteiger partial charge in [0.25, 0.3) is 0 Å². The van der Waals surface area contributed by atoms with Crippen molar-refractivity contribution >= 4 is 11.9 Å². The lowest BCUT2D eigenvalue weighted by molar-refractivity contribution is -0.174. The van der Waals surface area contributed by atoms with Gasteiger partial charge in [-0.1, -0.05) is 13.8 Å². The number of ether oxygens (including phenoxy) is 3. The molecule has 0 bridgehead atoms. The van der Waals surface area contributed by atoms with Crippen molar-refractivity contribution in [2.75, 3.05) is 20.3 Å². The SMILES string of the molecule is CCOC(=O)C1(C(=O)OCC)CCC(C)(C)C(=[C+]c2ccc(OC)cc2)C1. The average Bonchev–Trinajstić information content (AvgIpc) is 2.64. The second-order valence-electron chi connectivity index (χ2n) is 7.42. The maximum absolute atomic E-state index is 12.7. The molecule has 0 aliphatic heterocycles. The van der Waals surface area contributed by atoms with Crippen molar-refractivity contribution in [2.24, 2.45) is 10.8 Å². The molecule has 27 heavy (non-hydrogen) atoms. The Hall–Kier alpha value is -2.39. The van der Waals surface area contributed by atoms with Crippen LogP contribution in [0.15, 0.2) is 29.8 Å². The van der Waals surface area contributed by atoms with Crippen molar-refractivity contribution in [3.8, 4) is 5.75 Å². The number of allylic oxidation sites excluding steroid dienone is 1. The third-order valence-corrected chi connectivity index (χ3v) is 5.19. The number of carbonyl (C=O) groups excluding carboxylic acids is 2. The van der Waals surface area contributed by atoms with Crippen molar-refractivity contribution in [3.05, 3.63) is 41.5 Å². The molecular weight excluding hydrogens is 344 g/mol. The van der Waals surface area contributed by atoms with Crippen LogP contribution in [0.5, 0.6) is 5.75 Å². The van der Waals surface area contributed by atoms with E-state index < -0.39 is 17.4 Å². The summed E-state index contributed by atoms with van der Waals surface area (Å²) in [7, 11) is 1.62. The van der Waals surface area contributed by atoms with E-state index in [0.29, 0.717) is 12.8 Å². The van der Waals surface area contributed by atoms with Gasteiger partial charge in [-0.2, -0.15) is 0 Å². The first-order valence-corrected chi connectivity index (χ1v) is 9.41. The summed E-state index contributed by atoms with van der Waals surface area (Å²) in [5.41, 5.74) is 0.320. The highest BCUT2D eigenvalue weighted by Gasteiger charge is 2.55. The molecule has 1 saturated carbocycles. The van der Waals surface area contributed by atoms with Crippen molar-refractivity contribution in [2.45, 2.75) is 47.0 Å². The molecule has 2 rings (SSSR count). The Morgan fingerprint density at radius 2 is 1.56 bits per heavy atom. The number of rotatable bonds is 6. The molecule has 0 spiro atoms. The summed E-state index contributed by atoms with van der Waals surface area (Å²) in [5.74, 6) is -0.248. The number of carbonyl (C=O) groups is 2. The molecule has 1 aromatic rings. The van der Waals surface area contributed by atoms with Gasteiger partial charge in [-0.15, -0.1) is 0 Å². The van der Waals surface area contributed by atoms with E-state index in [-0.39, 0.29) is 25.0 Å². The lowest BCUT2D eigenvalue weighted by atomic mass is 9.62. The highest BCUT2D eigenvalue weighted by Crippen LogP contribution is 2.50. The molecule has 1 aliphatic rings. The molecule has 5 heteroatoms. The number of benzene rings is 1. The van der Waals surface area contributed by atoms with E-state index in [1.165, 1.54) is 0 Å². The lowest BCUT2D eigenvalue weighted by Gasteiger charge is -2.40. The first-order chi connectivity index (χ1) is 12.8.